The summed E-state index contributed by atoms with van der Waals surface area (Å²) >= 11 is 6.94. The van der Waals surface area contributed by atoms with E-state index in [1.54, 1.807) is 36.4 Å². The molecule has 1 aliphatic heterocycles. The number of rotatable bonds is 6. The summed E-state index contributed by atoms with van der Waals surface area (Å²) in [6.45, 7) is 0.0654. The van der Waals surface area contributed by atoms with Gasteiger partial charge in [-0.05, 0) is 41.6 Å². The lowest BCUT2D eigenvalue weighted by molar-refractivity contribution is -0.384. The van der Waals surface area contributed by atoms with Gasteiger partial charge in [0.1, 0.15) is 17.3 Å². The molecule has 1 fully saturated rings. The second kappa shape index (κ2) is 8.89. The fourth-order valence-corrected chi connectivity index (χ4v) is 4.15. The van der Waals surface area contributed by atoms with Crippen molar-refractivity contribution in [3.63, 3.8) is 0 Å². The van der Waals surface area contributed by atoms with Gasteiger partial charge < -0.3 is 9.15 Å². The van der Waals surface area contributed by atoms with E-state index in [4.69, 9.17) is 20.8 Å². The molecule has 0 spiro atoms. The lowest BCUT2D eigenvalue weighted by Crippen LogP contribution is -2.27. The van der Waals surface area contributed by atoms with Crippen LogP contribution in [0.15, 0.2) is 63.9 Å². The van der Waals surface area contributed by atoms with E-state index in [1.165, 1.54) is 31.4 Å². The Hall–Kier alpha value is -3.56. The van der Waals surface area contributed by atoms with Crippen LogP contribution in [-0.2, 0) is 11.3 Å². The molecule has 0 saturated carbocycles. The van der Waals surface area contributed by atoms with E-state index < -0.39 is 16.1 Å². The monoisotopic (exact) mass is 470 g/mol. The molecule has 0 N–H and O–H groups in total. The summed E-state index contributed by atoms with van der Waals surface area (Å²) in [6, 6.07) is 14.4. The summed E-state index contributed by atoms with van der Waals surface area (Å²) in [4.78, 5) is 37.1. The van der Waals surface area contributed by atoms with E-state index >= 15 is 0 Å². The minimum atomic E-state index is -0.512. The van der Waals surface area contributed by atoms with Gasteiger partial charge in [0.05, 0.1) is 29.0 Å². The normalized spacial score (nSPS) is 14.9. The largest absolute Gasteiger partial charge is 0.496 e. The molecule has 8 nitrogen and oxygen atoms in total. The highest BCUT2D eigenvalue weighted by atomic mass is 35.5. The van der Waals surface area contributed by atoms with Crippen molar-refractivity contribution in [1.29, 1.82) is 0 Å². The first kappa shape index (κ1) is 21.7. The maximum Gasteiger partial charge on any atom is 0.293 e. The number of thioether (sulfide) groups is 1. The van der Waals surface area contributed by atoms with Crippen molar-refractivity contribution in [2.45, 2.75) is 6.54 Å². The quantitative estimate of drug-likeness (QED) is 0.256. The van der Waals surface area contributed by atoms with Crippen molar-refractivity contribution in [2.24, 2.45) is 0 Å². The second-order valence-electron chi connectivity index (χ2n) is 6.70. The average Bonchev–Trinajstić information content (AvgIpc) is 3.35. The van der Waals surface area contributed by atoms with Crippen LogP contribution in [0.5, 0.6) is 5.75 Å². The molecule has 1 aliphatic rings. The highest BCUT2D eigenvalue weighted by Gasteiger charge is 2.35. The number of nitro benzene ring substituents is 1. The Bertz CT molecular complexity index is 1270. The smallest absolute Gasteiger partial charge is 0.293 e. The number of nitro groups is 1. The fraction of sp³-hybridized carbons (Fsp3) is 0.0909. The van der Waals surface area contributed by atoms with E-state index in [-0.39, 0.29) is 17.1 Å². The van der Waals surface area contributed by atoms with E-state index in [0.29, 0.717) is 33.4 Å². The van der Waals surface area contributed by atoms with E-state index in [2.05, 4.69) is 0 Å². The summed E-state index contributed by atoms with van der Waals surface area (Å²) in [5.41, 5.74) is 0.948. The number of halogens is 1. The van der Waals surface area contributed by atoms with E-state index in [9.17, 15) is 19.7 Å². The Morgan fingerprint density at radius 3 is 2.69 bits per heavy atom. The molecule has 3 aromatic rings. The maximum absolute atomic E-state index is 12.8. The summed E-state index contributed by atoms with van der Waals surface area (Å²) in [7, 11) is 1.45. The summed E-state index contributed by atoms with van der Waals surface area (Å²) in [5, 5.41) is 11.2. The van der Waals surface area contributed by atoms with E-state index in [1.807, 2.05) is 0 Å². The molecule has 2 amide bonds. The number of ether oxygens (including phenoxy) is 1. The number of furan rings is 1. The third-order valence-electron chi connectivity index (χ3n) is 4.72. The molecule has 4 rings (SSSR count). The predicted octanol–water partition coefficient (Wildman–Crippen LogP) is 5.75. The lowest BCUT2D eigenvalue weighted by atomic mass is 10.1. The van der Waals surface area contributed by atoms with Crippen LogP contribution < -0.4 is 4.74 Å². The molecule has 2 heterocycles. The third kappa shape index (κ3) is 4.25. The first-order valence-electron chi connectivity index (χ1n) is 9.29. The molecule has 0 unspecified atom stereocenters. The molecule has 162 valence electrons. The summed E-state index contributed by atoms with van der Waals surface area (Å²) < 4.78 is 11.0. The van der Waals surface area contributed by atoms with Gasteiger partial charge in [-0.1, -0.05) is 29.8 Å². The first-order chi connectivity index (χ1) is 15.4. The highest BCUT2D eigenvalue weighted by molar-refractivity contribution is 8.18. The Morgan fingerprint density at radius 2 is 1.97 bits per heavy atom. The lowest BCUT2D eigenvalue weighted by Gasteiger charge is -2.13. The third-order valence-corrected chi connectivity index (χ3v) is 6.00. The Kier molecular flexibility index (Phi) is 6.02. The van der Waals surface area contributed by atoms with Gasteiger partial charge in [0.15, 0.2) is 0 Å². The van der Waals surface area contributed by atoms with Crippen molar-refractivity contribution in [3.05, 3.63) is 86.0 Å². The number of non-ortho nitro benzene ring substituents is 1. The Balaban J connectivity index is 1.59. The van der Waals surface area contributed by atoms with Crippen molar-refractivity contribution in [2.75, 3.05) is 7.11 Å². The zero-order chi connectivity index (χ0) is 22.8. The highest BCUT2D eigenvalue weighted by Crippen LogP contribution is 2.37. The number of carbonyl (C=O) groups is 2. The average molecular weight is 471 g/mol. The van der Waals surface area contributed by atoms with Gasteiger partial charge in [-0.2, -0.15) is 0 Å². The molecular weight excluding hydrogens is 456 g/mol. The molecule has 32 heavy (non-hydrogen) atoms. The molecule has 1 saturated heterocycles. The molecule has 10 heteroatoms. The van der Waals surface area contributed by atoms with Crippen molar-refractivity contribution < 1.29 is 23.7 Å². The topological polar surface area (TPSA) is 103 Å². The summed E-state index contributed by atoms with van der Waals surface area (Å²) in [6.07, 6.45) is 1.46. The standard InChI is InChI=1S/C22H15ClN2O6S/c1-30-18-8-6-14(25(28)29)10-16(18)19-9-7-15(31-19)11-20-21(26)24(22(27)32-20)12-13-4-2-3-5-17(13)23/h2-11H,12H2,1H3/b20-11-. The number of imide groups is 1. The van der Waals surface area contributed by atoms with Crippen molar-refractivity contribution in [1.82, 2.24) is 4.90 Å². The van der Waals surface area contributed by atoms with Gasteiger partial charge >= 0.3 is 0 Å². The van der Waals surface area contributed by atoms with Crippen LogP contribution in [-0.4, -0.2) is 28.1 Å². The Labute approximate surface area is 191 Å². The fourth-order valence-electron chi connectivity index (χ4n) is 3.14. The minimum absolute atomic E-state index is 0.0654. The zero-order valence-electron chi connectivity index (χ0n) is 16.6. The minimum Gasteiger partial charge on any atom is -0.496 e. The molecule has 0 bridgehead atoms. The van der Waals surface area contributed by atoms with Crippen molar-refractivity contribution >= 4 is 46.3 Å². The van der Waals surface area contributed by atoms with Crippen molar-refractivity contribution in [3.8, 4) is 17.1 Å². The van der Waals surface area contributed by atoms with Gasteiger partial charge in [-0.3, -0.25) is 24.6 Å². The summed E-state index contributed by atoms with van der Waals surface area (Å²) in [5.74, 6) is 0.589. The van der Waals surface area contributed by atoms with Crippen LogP contribution >= 0.6 is 23.4 Å². The zero-order valence-corrected chi connectivity index (χ0v) is 18.2. The van der Waals surface area contributed by atoms with Gasteiger partial charge in [0.2, 0.25) is 0 Å². The number of methoxy groups -OCH3 is 1. The van der Waals surface area contributed by atoms with Crippen LogP contribution in [0.4, 0.5) is 10.5 Å². The number of hydrogen-bond donors (Lipinski definition) is 0. The Morgan fingerprint density at radius 1 is 1.19 bits per heavy atom. The van der Waals surface area contributed by atoms with Gasteiger partial charge in [-0.15, -0.1) is 0 Å². The van der Waals surface area contributed by atoms with Crippen LogP contribution in [0.3, 0.4) is 0 Å². The number of carbonyl (C=O) groups excluding carboxylic acids is 2. The number of amides is 2. The first-order valence-corrected chi connectivity index (χ1v) is 10.5. The van der Waals surface area contributed by atoms with Crippen LogP contribution in [0.2, 0.25) is 5.02 Å². The van der Waals surface area contributed by atoms with E-state index in [0.717, 1.165) is 16.7 Å². The van der Waals surface area contributed by atoms with Crippen LogP contribution in [0.25, 0.3) is 17.4 Å². The molecular formula is C22H15ClN2O6S. The molecule has 0 atom stereocenters. The molecule has 1 aromatic heterocycles. The molecule has 0 radical (unpaired) electrons. The van der Waals surface area contributed by atoms with Gasteiger partial charge in [-0.25, -0.2) is 0 Å². The molecule has 2 aromatic carbocycles. The second-order valence-corrected chi connectivity index (χ2v) is 8.10. The predicted molar refractivity (Wildman–Crippen MR) is 120 cm³/mol. The molecule has 0 aliphatic carbocycles. The van der Waals surface area contributed by atoms with Crippen LogP contribution in [0.1, 0.15) is 11.3 Å². The van der Waals surface area contributed by atoms with Gasteiger partial charge in [0, 0.05) is 23.2 Å². The van der Waals surface area contributed by atoms with Crippen LogP contribution in [0, 0.1) is 10.1 Å². The maximum atomic E-state index is 12.8. The number of benzene rings is 2. The SMILES string of the molecule is COc1ccc([N+](=O)[O-])cc1-c1ccc(/C=C2\SC(=O)N(Cc3ccccc3Cl)C2=O)o1. The van der Waals surface area contributed by atoms with Gasteiger partial charge in [0.25, 0.3) is 16.8 Å². The number of nitrogens with zero attached hydrogens (tertiary/aromatic N) is 2. The number of hydrogen-bond acceptors (Lipinski definition) is 7.